The predicted octanol–water partition coefficient (Wildman–Crippen LogP) is 1.65. The van der Waals surface area contributed by atoms with E-state index >= 15 is 0 Å². The molecule has 0 bridgehead atoms. The largest absolute Gasteiger partial charge is 0.372 e. The molecule has 0 aliphatic carbocycles. The van der Waals surface area contributed by atoms with Gasteiger partial charge in [0.2, 0.25) is 0 Å². The van der Waals surface area contributed by atoms with Crippen molar-refractivity contribution in [2.24, 2.45) is 5.92 Å². The summed E-state index contributed by atoms with van der Waals surface area (Å²) < 4.78 is 0. The van der Waals surface area contributed by atoms with E-state index < -0.39 is 0 Å². The van der Waals surface area contributed by atoms with Crippen molar-refractivity contribution in [3.63, 3.8) is 0 Å². The van der Waals surface area contributed by atoms with E-state index in [1.165, 1.54) is 5.82 Å². The molecule has 0 amide bonds. The average Bonchev–Trinajstić information content (AvgIpc) is 1.87. The van der Waals surface area contributed by atoms with Crippen LogP contribution in [-0.4, -0.2) is 25.5 Å². The van der Waals surface area contributed by atoms with Gasteiger partial charge in [-0.15, -0.1) is 0 Å². The molecular formula is C9H20N2. The van der Waals surface area contributed by atoms with Gasteiger partial charge in [-0.2, -0.15) is 0 Å². The Morgan fingerprint density at radius 3 is 2.27 bits per heavy atom. The Bertz CT molecular complexity index is 126. The fraction of sp³-hybridized carbons (Fsp3) is 0.778. The van der Waals surface area contributed by atoms with Gasteiger partial charge in [0, 0.05) is 20.6 Å². The van der Waals surface area contributed by atoms with E-state index in [9.17, 15) is 0 Å². The van der Waals surface area contributed by atoms with E-state index in [2.05, 4.69) is 30.1 Å². The molecule has 0 saturated carbocycles. The van der Waals surface area contributed by atoms with Crippen LogP contribution < -0.4 is 5.32 Å². The smallest absolute Gasteiger partial charge is 0.0963 e. The number of nitrogens with zero attached hydrogens (tertiary/aromatic N) is 1. The van der Waals surface area contributed by atoms with E-state index in [4.69, 9.17) is 0 Å². The van der Waals surface area contributed by atoms with E-state index in [1.807, 2.05) is 21.0 Å². The lowest BCUT2D eigenvalue weighted by Crippen LogP contribution is -2.28. The minimum Gasteiger partial charge on any atom is -0.372 e. The summed E-state index contributed by atoms with van der Waals surface area (Å²) in [4.78, 5) is 2.09. The van der Waals surface area contributed by atoms with E-state index in [0.29, 0.717) is 5.92 Å². The third-order valence-corrected chi connectivity index (χ3v) is 1.45. The Labute approximate surface area is 70.3 Å². The molecule has 0 aliphatic rings. The normalized spacial score (nSPS) is 12.0. The third-order valence-electron chi connectivity index (χ3n) is 1.45. The van der Waals surface area contributed by atoms with Gasteiger partial charge in [-0.3, -0.25) is 0 Å². The highest BCUT2D eigenvalue weighted by atomic mass is 15.2. The maximum Gasteiger partial charge on any atom is 0.0963 e. The van der Waals surface area contributed by atoms with Gasteiger partial charge in [0.25, 0.3) is 0 Å². The van der Waals surface area contributed by atoms with Crippen LogP contribution in [0.5, 0.6) is 0 Å². The second-order valence-corrected chi connectivity index (χ2v) is 3.34. The lowest BCUT2D eigenvalue weighted by atomic mass is 10.2. The second-order valence-electron chi connectivity index (χ2n) is 3.34. The van der Waals surface area contributed by atoms with Gasteiger partial charge in [-0.25, -0.2) is 0 Å². The molecule has 0 atom stereocenters. The molecule has 0 aromatic heterocycles. The van der Waals surface area contributed by atoms with Gasteiger partial charge in [-0.1, -0.05) is 13.8 Å². The quantitative estimate of drug-likeness (QED) is 0.666. The molecule has 11 heavy (non-hydrogen) atoms. The van der Waals surface area contributed by atoms with Crippen LogP contribution in [0.3, 0.4) is 0 Å². The van der Waals surface area contributed by atoms with Crippen LogP contribution in [0, 0.1) is 5.92 Å². The zero-order valence-electron chi connectivity index (χ0n) is 8.31. The highest BCUT2D eigenvalue weighted by molar-refractivity contribution is 4.94. The van der Waals surface area contributed by atoms with Crippen molar-refractivity contribution in [3.05, 3.63) is 11.9 Å². The first-order valence-corrected chi connectivity index (χ1v) is 4.15. The van der Waals surface area contributed by atoms with Crippen molar-refractivity contribution in [2.75, 3.05) is 20.6 Å². The van der Waals surface area contributed by atoms with Crippen molar-refractivity contribution in [1.82, 2.24) is 10.2 Å². The SMILES string of the molecule is CC=C(NCC(C)C)N(C)C. The molecule has 0 heterocycles. The van der Waals surface area contributed by atoms with Gasteiger partial charge in [0.15, 0.2) is 0 Å². The van der Waals surface area contributed by atoms with Crippen molar-refractivity contribution in [2.45, 2.75) is 20.8 Å². The first kappa shape index (κ1) is 10.3. The first-order valence-electron chi connectivity index (χ1n) is 4.15. The summed E-state index contributed by atoms with van der Waals surface area (Å²) in [6.07, 6.45) is 2.09. The summed E-state index contributed by atoms with van der Waals surface area (Å²) in [6, 6.07) is 0. The van der Waals surface area contributed by atoms with Crippen molar-refractivity contribution in [3.8, 4) is 0 Å². The molecule has 66 valence electrons. The molecule has 0 aromatic carbocycles. The number of allylic oxidation sites excluding steroid dienone is 1. The van der Waals surface area contributed by atoms with E-state index in [1.54, 1.807) is 0 Å². The molecule has 0 saturated heterocycles. The van der Waals surface area contributed by atoms with Gasteiger partial charge < -0.3 is 10.2 Å². The minimum absolute atomic E-state index is 0.699. The monoisotopic (exact) mass is 156 g/mol. The predicted molar refractivity (Wildman–Crippen MR) is 50.3 cm³/mol. The Hall–Kier alpha value is -0.660. The van der Waals surface area contributed by atoms with Crippen LogP contribution in [0.1, 0.15) is 20.8 Å². The molecule has 0 radical (unpaired) electrons. The Morgan fingerprint density at radius 1 is 1.45 bits per heavy atom. The molecule has 0 aromatic rings. The maximum absolute atomic E-state index is 3.36. The Morgan fingerprint density at radius 2 is 2.00 bits per heavy atom. The first-order chi connectivity index (χ1) is 5.07. The molecule has 2 nitrogen and oxygen atoms in total. The van der Waals surface area contributed by atoms with Crippen LogP contribution in [0.25, 0.3) is 0 Å². The number of hydrogen-bond donors (Lipinski definition) is 1. The average molecular weight is 156 g/mol. The highest BCUT2D eigenvalue weighted by Gasteiger charge is 1.97. The number of nitrogens with one attached hydrogen (secondary N) is 1. The van der Waals surface area contributed by atoms with Crippen molar-refractivity contribution in [1.29, 1.82) is 0 Å². The summed E-state index contributed by atoms with van der Waals surface area (Å²) >= 11 is 0. The molecule has 0 aliphatic heterocycles. The van der Waals surface area contributed by atoms with Gasteiger partial charge in [0.05, 0.1) is 5.82 Å². The molecule has 2 heteroatoms. The fourth-order valence-corrected chi connectivity index (χ4v) is 0.827. The molecule has 0 fully saturated rings. The minimum atomic E-state index is 0.699. The highest BCUT2D eigenvalue weighted by Crippen LogP contribution is 1.95. The van der Waals surface area contributed by atoms with E-state index in [-0.39, 0.29) is 0 Å². The molecule has 0 unspecified atom stereocenters. The summed E-state index contributed by atoms with van der Waals surface area (Å²) in [6.45, 7) is 7.49. The molecule has 0 spiro atoms. The van der Waals surface area contributed by atoms with Crippen LogP contribution in [0.2, 0.25) is 0 Å². The van der Waals surface area contributed by atoms with Crippen LogP contribution in [0.15, 0.2) is 11.9 Å². The van der Waals surface area contributed by atoms with E-state index in [0.717, 1.165) is 6.54 Å². The third kappa shape index (κ3) is 4.71. The van der Waals surface area contributed by atoms with Crippen LogP contribution >= 0.6 is 0 Å². The zero-order chi connectivity index (χ0) is 8.85. The van der Waals surface area contributed by atoms with Crippen LogP contribution in [-0.2, 0) is 0 Å². The summed E-state index contributed by atoms with van der Waals surface area (Å²) in [5.74, 6) is 1.89. The summed E-state index contributed by atoms with van der Waals surface area (Å²) in [5, 5.41) is 3.36. The standard InChI is InChI=1S/C9H20N2/c1-6-9(11(4)5)10-7-8(2)3/h6,8,10H,7H2,1-5H3. The Balaban J connectivity index is 3.72. The fourth-order valence-electron chi connectivity index (χ4n) is 0.827. The maximum atomic E-state index is 3.36. The summed E-state index contributed by atoms with van der Waals surface area (Å²) in [7, 11) is 4.09. The topological polar surface area (TPSA) is 15.3 Å². The molecule has 0 rings (SSSR count). The second kappa shape index (κ2) is 5.05. The molecule has 1 N–H and O–H groups in total. The van der Waals surface area contributed by atoms with Gasteiger partial charge >= 0.3 is 0 Å². The lowest BCUT2D eigenvalue weighted by Gasteiger charge is -2.19. The molecular weight excluding hydrogens is 136 g/mol. The Kier molecular flexibility index (Phi) is 4.75. The summed E-state index contributed by atoms with van der Waals surface area (Å²) in [5.41, 5.74) is 0. The van der Waals surface area contributed by atoms with Gasteiger partial charge in [0.1, 0.15) is 0 Å². The van der Waals surface area contributed by atoms with Crippen molar-refractivity contribution < 1.29 is 0 Å². The van der Waals surface area contributed by atoms with Gasteiger partial charge in [-0.05, 0) is 18.9 Å². The van der Waals surface area contributed by atoms with Crippen LogP contribution in [0.4, 0.5) is 0 Å². The van der Waals surface area contributed by atoms with Crippen molar-refractivity contribution >= 4 is 0 Å². The number of hydrogen-bond acceptors (Lipinski definition) is 2. The lowest BCUT2D eigenvalue weighted by molar-refractivity contribution is 0.440. The number of rotatable bonds is 4. The zero-order valence-corrected chi connectivity index (χ0v) is 8.31.